The standard InChI is InChI=1S/C31H26Cl5N7O2.2C31H26Cl4FN7O2/c1-5-19(44)41-8-10-42(11-9-41)29-16-12-18(32)27(20-21(33)23(35)24(36)25(38)22(20)34)40-30(16)43(31(45)17(29)13-37)28-15(4)6-7-39-26(28)14(2)3;2*1-5-19(44)41-8-10-42(11-9-41)29-16-12-18(32)27(20-21(33)22(34)23(35)25(38)24(20)36)40-30(16)43(31(45)17(29)13-37)28-15(4)6-7-39-26(28)14(2)3/h3*5-7,12,14H,1,8-11,38H2,2-4H3. The smallest absolute Gasteiger partial charge is 0.276 e. The molecule has 3 aliphatic rings. The van der Waals surface area contributed by atoms with Crippen LogP contribution in [-0.2, 0) is 14.4 Å². The number of anilines is 6. The van der Waals surface area contributed by atoms with E-state index < -0.39 is 39.7 Å². The minimum absolute atomic E-state index is 0.0178. The van der Waals surface area contributed by atoms with E-state index in [1.165, 1.54) is 44.1 Å². The van der Waals surface area contributed by atoms with Gasteiger partial charge in [0.15, 0.2) is 11.6 Å². The van der Waals surface area contributed by atoms with Crippen molar-refractivity contribution in [3.8, 4) is 69.0 Å². The predicted molar refractivity (Wildman–Crippen MR) is 538 cm³/mol. The van der Waals surface area contributed by atoms with Crippen molar-refractivity contribution in [2.24, 2.45) is 0 Å². The number of amides is 3. The Morgan fingerprint density at radius 2 is 0.622 bits per heavy atom. The van der Waals surface area contributed by atoms with Crippen LogP contribution in [0.1, 0.15) is 110 Å². The van der Waals surface area contributed by atoms with Crippen molar-refractivity contribution in [2.45, 2.75) is 80.1 Å². The van der Waals surface area contributed by atoms with Gasteiger partial charge in [0.05, 0.1) is 162 Å². The normalized spacial score (nSPS) is 13.4. The highest BCUT2D eigenvalue weighted by molar-refractivity contribution is 6.54. The number of hydrogen-bond acceptors (Lipinski definition) is 21. The monoisotopic (exact) mass is 2080 g/mol. The quantitative estimate of drug-likeness (QED) is 0.0371. The molecule has 3 fully saturated rings. The number of pyridine rings is 9. The molecule has 0 aliphatic carbocycles. The Balaban J connectivity index is 0.000000171. The van der Waals surface area contributed by atoms with Gasteiger partial charge in [-0.1, -0.05) is 212 Å². The number of nitrogens with two attached hydrogens (primary N) is 3. The van der Waals surface area contributed by atoms with Gasteiger partial charge in [-0.15, -0.1) is 0 Å². The second kappa shape index (κ2) is 40.9. The average Bonchev–Trinajstić information content (AvgIpc) is 0.728. The van der Waals surface area contributed by atoms with E-state index >= 15 is 8.78 Å². The number of piperazine rings is 3. The summed E-state index contributed by atoms with van der Waals surface area (Å²) < 4.78 is 35.4. The number of nitrogen functional groups attached to an aromatic ring is 3. The van der Waals surface area contributed by atoms with Crippen LogP contribution >= 0.6 is 151 Å². The number of halogens is 15. The fourth-order valence-corrected chi connectivity index (χ4v) is 19.7. The van der Waals surface area contributed by atoms with Crippen LogP contribution in [0, 0.1) is 66.4 Å². The maximum Gasteiger partial charge on any atom is 0.276 e. The number of carbonyl (C=O) groups excluding carboxylic acids is 3. The third kappa shape index (κ3) is 18.3. The highest BCUT2D eigenvalue weighted by Gasteiger charge is 2.38. The van der Waals surface area contributed by atoms with Crippen molar-refractivity contribution >= 4 is 236 Å². The molecule has 0 spiro atoms. The van der Waals surface area contributed by atoms with Gasteiger partial charge in [0.1, 0.15) is 51.8 Å². The summed E-state index contributed by atoms with van der Waals surface area (Å²) >= 11 is 84.2. The van der Waals surface area contributed by atoms with Gasteiger partial charge in [0.25, 0.3) is 16.7 Å². The molecule has 12 aromatic rings. The Morgan fingerprint density at radius 1 is 0.378 bits per heavy atom. The van der Waals surface area contributed by atoms with Crippen molar-refractivity contribution in [3.63, 3.8) is 0 Å². The second-order valence-electron chi connectivity index (χ2n) is 32.2. The van der Waals surface area contributed by atoms with E-state index in [0.29, 0.717) is 146 Å². The van der Waals surface area contributed by atoms with Crippen LogP contribution in [0.5, 0.6) is 0 Å². The fraction of sp³-hybridized carbons (Fsp3) is 0.258. The molecule has 6 N–H and O–H groups in total. The molecule has 0 saturated carbocycles. The van der Waals surface area contributed by atoms with Crippen molar-refractivity contribution in [1.82, 2.24) is 58.3 Å². The van der Waals surface area contributed by atoms with E-state index in [-0.39, 0.29) is 185 Å². The van der Waals surface area contributed by atoms with E-state index in [2.05, 4.69) is 52.9 Å². The summed E-state index contributed by atoms with van der Waals surface area (Å²) in [6.45, 7) is 31.6. The number of rotatable bonds is 15. The number of hydrogen-bond donors (Lipinski definition) is 3. The lowest BCUT2D eigenvalue weighted by atomic mass is 10.0. The first-order chi connectivity index (χ1) is 64.0. The molecule has 696 valence electrons. The molecule has 12 heterocycles. The molecular weight excluding hydrogens is 2010 g/mol. The highest BCUT2D eigenvalue weighted by Crippen LogP contribution is 2.53. The zero-order chi connectivity index (χ0) is 98.7. The molecule has 0 bridgehead atoms. The SMILES string of the molecule is C=CC(=O)N1CCN(c2c(C#N)c(=O)n(-c3c(C)ccnc3C(C)C)c3nc(-c4c(Cl)c(N)c(Cl)c(Cl)c4Cl)c(Cl)cc23)CC1.C=CC(=O)N1CCN(c2c(C#N)c(=O)n(-c3c(C)ccnc3C(C)C)c3nc(-c4c(F)c(N)c(Cl)c(Cl)c4Cl)c(Cl)cc23)CC1.C=CC(=O)N1CCN(c2c(C#N)c(=O)n(-c3c(C)ccnc3C(C)C)c3nc(-c4c(F)c(N)c(Cl)c(Cl)c4Cl)c(Cl)cc23)CC1. The first kappa shape index (κ1) is 101. The molecule has 0 unspecified atom stereocenters. The van der Waals surface area contributed by atoms with E-state index in [0.717, 1.165) is 5.56 Å². The number of benzene rings is 3. The van der Waals surface area contributed by atoms with Gasteiger partial charge in [-0.2, -0.15) is 15.8 Å². The van der Waals surface area contributed by atoms with Crippen molar-refractivity contribution < 1.29 is 23.2 Å². The highest BCUT2D eigenvalue weighted by atomic mass is 35.5. The van der Waals surface area contributed by atoms with E-state index in [1.807, 2.05) is 77.0 Å². The lowest BCUT2D eigenvalue weighted by Crippen LogP contribution is -2.49. The summed E-state index contributed by atoms with van der Waals surface area (Å²) in [4.78, 5) is 119. The summed E-state index contributed by atoms with van der Waals surface area (Å²) in [6.07, 6.45) is 8.66. The lowest BCUT2D eigenvalue weighted by Gasteiger charge is -2.36. The molecule has 3 aliphatic heterocycles. The Labute approximate surface area is 837 Å². The van der Waals surface area contributed by atoms with Gasteiger partial charge >= 0.3 is 0 Å². The maximum atomic E-state index is 15.7. The molecule has 0 atom stereocenters. The number of aromatic nitrogens is 9. The lowest BCUT2D eigenvalue weighted by molar-refractivity contribution is -0.127. The minimum atomic E-state index is -0.991. The third-order valence-electron chi connectivity index (χ3n) is 23.2. The summed E-state index contributed by atoms with van der Waals surface area (Å²) in [6, 6.07) is 16.2. The molecule has 9 aromatic heterocycles. The Bertz CT molecular complexity index is 6640. The molecule has 0 radical (unpaired) electrons. The molecule has 3 amide bonds. The van der Waals surface area contributed by atoms with Crippen LogP contribution in [0.15, 0.2) is 107 Å². The van der Waals surface area contributed by atoms with Crippen LogP contribution in [0.2, 0.25) is 65.3 Å². The molecule has 3 aromatic carbocycles. The summed E-state index contributed by atoms with van der Waals surface area (Å²) in [5, 5.41) is 30.8. The van der Waals surface area contributed by atoms with Gasteiger partial charge in [0.2, 0.25) is 17.7 Å². The predicted octanol–water partition coefficient (Wildman–Crippen LogP) is 21.3. The van der Waals surface area contributed by atoms with Crippen LogP contribution in [0.25, 0.3) is 83.9 Å². The first-order valence-corrected chi connectivity index (χ1v) is 46.2. The first-order valence-electron chi connectivity index (χ1n) is 41.3. The van der Waals surface area contributed by atoms with Gasteiger partial charge in [-0.05, 0) is 110 Å². The number of nitriles is 3. The average molecular weight is 2080 g/mol. The Hall–Kier alpha value is -11.3. The van der Waals surface area contributed by atoms with Crippen LogP contribution in [0.3, 0.4) is 0 Å². The molecule has 3 saturated heterocycles. The number of fused-ring (bicyclic) bond motifs is 3. The largest absolute Gasteiger partial charge is 0.396 e. The van der Waals surface area contributed by atoms with Crippen molar-refractivity contribution in [1.29, 1.82) is 15.8 Å². The third-order valence-corrected chi connectivity index (χ3v) is 28.5. The van der Waals surface area contributed by atoms with E-state index in [9.17, 15) is 44.6 Å². The van der Waals surface area contributed by atoms with Crippen molar-refractivity contribution in [3.05, 3.63) is 251 Å². The summed E-state index contributed by atoms with van der Waals surface area (Å²) in [5.74, 6) is -2.98. The summed E-state index contributed by atoms with van der Waals surface area (Å²) in [5.41, 5.74) is 20.5. The molecule has 135 heavy (non-hydrogen) atoms. The zero-order valence-corrected chi connectivity index (χ0v) is 83.0. The minimum Gasteiger partial charge on any atom is -0.396 e. The van der Waals surface area contributed by atoms with Crippen LogP contribution in [0.4, 0.5) is 42.9 Å². The Morgan fingerprint density at radius 3 is 0.867 bits per heavy atom. The van der Waals surface area contributed by atoms with Gasteiger partial charge in [0, 0.05) is 119 Å². The van der Waals surface area contributed by atoms with Crippen LogP contribution < -0.4 is 48.6 Å². The molecular formula is C93H78Cl13F2N21O6. The number of aryl methyl sites for hydroxylation is 3. The summed E-state index contributed by atoms with van der Waals surface area (Å²) in [7, 11) is 0. The molecule has 42 heteroatoms. The fourth-order valence-electron chi connectivity index (χ4n) is 16.5. The van der Waals surface area contributed by atoms with Gasteiger partial charge in [-0.25, -0.2) is 23.7 Å². The van der Waals surface area contributed by atoms with Crippen molar-refractivity contribution in [2.75, 3.05) is 110 Å². The number of nitrogens with zero attached hydrogens (tertiary/aromatic N) is 18. The van der Waals surface area contributed by atoms with E-state index in [4.69, 9.17) is 183 Å². The molecule has 15 rings (SSSR count). The topological polar surface area (TPSA) is 363 Å². The maximum absolute atomic E-state index is 15.7. The van der Waals surface area contributed by atoms with Gasteiger partial charge < -0.3 is 46.6 Å². The van der Waals surface area contributed by atoms with Crippen LogP contribution in [-0.4, -0.2) is 155 Å². The second-order valence-corrected chi connectivity index (χ2v) is 37.2. The van der Waals surface area contributed by atoms with E-state index in [1.54, 1.807) is 57.6 Å². The van der Waals surface area contributed by atoms with Gasteiger partial charge in [-0.3, -0.25) is 57.4 Å². The Kier molecular flexibility index (Phi) is 30.7. The number of carbonyl (C=O) groups is 3. The molecule has 27 nitrogen and oxygen atoms in total. The zero-order valence-electron chi connectivity index (χ0n) is 73.2.